The van der Waals surface area contributed by atoms with E-state index in [9.17, 15) is 13.6 Å². The van der Waals surface area contributed by atoms with E-state index in [0.29, 0.717) is 0 Å². The van der Waals surface area contributed by atoms with Crippen molar-refractivity contribution < 1.29 is 18.7 Å². The van der Waals surface area contributed by atoms with E-state index in [1.54, 1.807) is 4.90 Å². The van der Waals surface area contributed by atoms with E-state index in [1.165, 1.54) is 0 Å². The first-order valence-electron chi connectivity index (χ1n) is 4.42. The summed E-state index contributed by atoms with van der Waals surface area (Å²) < 4.78 is 25.4. The molecule has 1 N–H and O–H groups in total. The molecule has 0 aliphatic carbocycles. The van der Waals surface area contributed by atoms with Crippen LogP contribution in [-0.2, 0) is 4.79 Å². The van der Waals surface area contributed by atoms with Crippen molar-refractivity contribution in [3.8, 4) is 0 Å². The van der Waals surface area contributed by atoms with E-state index in [4.69, 9.17) is 5.11 Å². The Kier molecular flexibility index (Phi) is 3.21. The molecule has 5 heteroatoms. The van der Waals surface area contributed by atoms with Crippen LogP contribution in [0.4, 0.5) is 8.78 Å². The number of hydrogen-bond acceptors (Lipinski definition) is 2. The smallest absolute Gasteiger partial charge is 0.332 e. The molecule has 1 saturated heterocycles. The van der Waals surface area contributed by atoms with Gasteiger partial charge in [-0.2, -0.15) is 0 Å². The molecular formula is C9H13F2NO2. The Morgan fingerprint density at radius 2 is 1.93 bits per heavy atom. The molecule has 0 aromatic heterocycles. The lowest BCUT2D eigenvalue weighted by Gasteiger charge is -2.31. The van der Waals surface area contributed by atoms with E-state index in [1.807, 2.05) is 0 Å². The van der Waals surface area contributed by atoms with Crippen molar-refractivity contribution in [3.63, 3.8) is 0 Å². The maximum atomic E-state index is 12.7. The summed E-state index contributed by atoms with van der Waals surface area (Å²) in [5, 5.41) is 8.54. The molecule has 0 aromatic rings. The summed E-state index contributed by atoms with van der Waals surface area (Å²) in [6, 6.07) is 0. The summed E-state index contributed by atoms with van der Waals surface area (Å²) in [6.45, 7) is 4.00. The number of carbonyl (C=O) groups is 1. The minimum Gasteiger partial charge on any atom is -0.478 e. The lowest BCUT2D eigenvalue weighted by atomic mass is 10.1. The second kappa shape index (κ2) is 4.04. The highest BCUT2D eigenvalue weighted by Crippen LogP contribution is 2.27. The molecule has 0 saturated carbocycles. The average Bonchev–Trinajstić information content (AvgIpc) is 2.08. The van der Waals surface area contributed by atoms with Gasteiger partial charge in [0.2, 0.25) is 0 Å². The van der Waals surface area contributed by atoms with Gasteiger partial charge in [0.15, 0.2) is 0 Å². The lowest BCUT2D eigenvalue weighted by molar-refractivity contribution is -0.133. The van der Waals surface area contributed by atoms with Crippen LogP contribution in [0.2, 0.25) is 0 Å². The average molecular weight is 205 g/mol. The van der Waals surface area contributed by atoms with Gasteiger partial charge in [0.1, 0.15) is 0 Å². The van der Waals surface area contributed by atoms with Crippen LogP contribution in [0, 0.1) is 0 Å². The third-order valence-electron chi connectivity index (χ3n) is 2.30. The molecule has 0 atom stereocenters. The first-order valence-corrected chi connectivity index (χ1v) is 4.42. The van der Waals surface area contributed by atoms with Crippen molar-refractivity contribution >= 4 is 5.97 Å². The van der Waals surface area contributed by atoms with Crippen LogP contribution in [0.1, 0.15) is 12.8 Å². The number of nitrogens with zero attached hydrogens (tertiary/aromatic N) is 1. The normalized spacial score (nSPS) is 21.9. The molecule has 0 aromatic carbocycles. The van der Waals surface area contributed by atoms with E-state index >= 15 is 0 Å². The second-order valence-electron chi connectivity index (χ2n) is 3.54. The highest BCUT2D eigenvalue weighted by atomic mass is 19.3. The van der Waals surface area contributed by atoms with Crippen molar-refractivity contribution in [2.45, 2.75) is 18.8 Å². The van der Waals surface area contributed by atoms with Crippen molar-refractivity contribution in [2.75, 3.05) is 19.6 Å². The van der Waals surface area contributed by atoms with Gasteiger partial charge in [-0.25, -0.2) is 13.6 Å². The number of carboxylic acids is 1. The van der Waals surface area contributed by atoms with Gasteiger partial charge in [-0.3, -0.25) is 4.90 Å². The van der Waals surface area contributed by atoms with Gasteiger partial charge < -0.3 is 5.11 Å². The van der Waals surface area contributed by atoms with Gasteiger partial charge in [0, 0.05) is 38.0 Å². The van der Waals surface area contributed by atoms with Gasteiger partial charge in [-0.15, -0.1) is 0 Å². The predicted molar refractivity (Wildman–Crippen MR) is 47.4 cm³/mol. The summed E-state index contributed by atoms with van der Waals surface area (Å²) in [6.07, 6.45) is -0.389. The summed E-state index contributed by atoms with van der Waals surface area (Å²) in [5.74, 6) is -3.65. The maximum absolute atomic E-state index is 12.7. The van der Waals surface area contributed by atoms with Crippen LogP contribution in [0.15, 0.2) is 12.2 Å². The molecule has 0 unspecified atom stereocenters. The topological polar surface area (TPSA) is 40.5 Å². The van der Waals surface area contributed by atoms with Gasteiger partial charge in [0.25, 0.3) is 5.92 Å². The molecule has 0 amide bonds. The Balaban J connectivity index is 2.36. The number of hydrogen-bond donors (Lipinski definition) is 1. The first-order chi connectivity index (χ1) is 6.41. The molecule has 80 valence electrons. The molecule has 1 heterocycles. The van der Waals surface area contributed by atoms with E-state index < -0.39 is 11.9 Å². The molecule has 3 nitrogen and oxygen atoms in total. The summed E-state index contributed by atoms with van der Waals surface area (Å²) >= 11 is 0. The fourth-order valence-electron chi connectivity index (χ4n) is 1.38. The molecule has 0 radical (unpaired) electrons. The number of aliphatic carboxylic acids is 1. The summed E-state index contributed by atoms with van der Waals surface area (Å²) in [5.41, 5.74) is 0.0511. The second-order valence-corrected chi connectivity index (χ2v) is 3.54. The molecule has 0 spiro atoms. The lowest BCUT2D eigenvalue weighted by Crippen LogP contribution is -2.40. The zero-order valence-electron chi connectivity index (χ0n) is 7.80. The quantitative estimate of drug-likeness (QED) is 0.707. The minimum absolute atomic E-state index is 0.0511. The van der Waals surface area contributed by atoms with Crippen molar-refractivity contribution in [1.82, 2.24) is 4.90 Å². The standard InChI is InChI=1S/C9H13F2NO2/c1-7(8(13)14)6-12-4-2-9(10,11)3-5-12/h1-6H2,(H,13,14). The molecule has 1 fully saturated rings. The fourth-order valence-corrected chi connectivity index (χ4v) is 1.38. The molecule has 0 bridgehead atoms. The number of piperidine rings is 1. The fraction of sp³-hybridized carbons (Fsp3) is 0.667. The Labute approximate surface area is 81.0 Å². The maximum Gasteiger partial charge on any atom is 0.332 e. The van der Waals surface area contributed by atoms with Crippen LogP contribution in [0.5, 0.6) is 0 Å². The predicted octanol–water partition coefficient (Wildman–Crippen LogP) is 1.36. The summed E-state index contributed by atoms with van der Waals surface area (Å²) in [7, 11) is 0. The Hall–Kier alpha value is -0.970. The van der Waals surface area contributed by atoms with Crippen molar-refractivity contribution in [3.05, 3.63) is 12.2 Å². The molecule has 1 aliphatic heterocycles. The van der Waals surface area contributed by atoms with Crippen LogP contribution in [0.3, 0.4) is 0 Å². The largest absolute Gasteiger partial charge is 0.478 e. The van der Waals surface area contributed by atoms with Crippen molar-refractivity contribution in [2.24, 2.45) is 0 Å². The molecule has 14 heavy (non-hydrogen) atoms. The van der Waals surface area contributed by atoms with E-state index in [-0.39, 0.29) is 38.0 Å². The highest BCUT2D eigenvalue weighted by Gasteiger charge is 2.34. The molecular weight excluding hydrogens is 192 g/mol. The molecule has 1 rings (SSSR count). The SMILES string of the molecule is C=C(CN1CCC(F)(F)CC1)C(=O)O. The van der Waals surface area contributed by atoms with Gasteiger partial charge in [-0.1, -0.05) is 6.58 Å². The Morgan fingerprint density at radius 1 is 1.43 bits per heavy atom. The van der Waals surface area contributed by atoms with Gasteiger partial charge in [-0.05, 0) is 0 Å². The van der Waals surface area contributed by atoms with Crippen LogP contribution in [0.25, 0.3) is 0 Å². The monoisotopic (exact) mass is 205 g/mol. The van der Waals surface area contributed by atoms with E-state index in [2.05, 4.69) is 6.58 Å². The number of rotatable bonds is 3. The highest BCUT2D eigenvalue weighted by molar-refractivity contribution is 5.86. The molecule has 1 aliphatic rings. The van der Waals surface area contributed by atoms with Crippen LogP contribution in [-0.4, -0.2) is 41.5 Å². The Bertz CT molecular complexity index is 243. The van der Waals surface area contributed by atoms with E-state index in [0.717, 1.165) is 0 Å². The minimum atomic E-state index is -2.58. The van der Waals surface area contributed by atoms with Crippen molar-refractivity contribution in [1.29, 1.82) is 0 Å². The zero-order valence-corrected chi connectivity index (χ0v) is 7.80. The first kappa shape index (κ1) is 11.1. The number of halogens is 2. The number of alkyl halides is 2. The van der Waals surface area contributed by atoms with Crippen LogP contribution < -0.4 is 0 Å². The summed E-state index contributed by atoms with van der Waals surface area (Å²) in [4.78, 5) is 12.1. The van der Waals surface area contributed by atoms with Gasteiger partial charge >= 0.3 is 5.97 Å². The van der Waals surface area contributed by atoms with Gasteiger partial charge in [0.05, 0.1) is 0 Å². The third kappa shape index (κ3) is 3.06. The number of likely N-dealkylation sites (tertiary alicyclic amines) is 1. The van der Waals surface area contributed by atoms with Crippen LogP contribution >= 0.6 is 0 Å². The Morgan fingerprint density at radius 3 is 2.36 bits per heavy atom. The third-order valence-corrected chi connectivity index (χ3v) is 2.30. The number of carboxylic acid groups (broad SMARTS) is 1. The zero-order chi connectivity index (χ0) is 10.8.